The Balaban J connectivity index is 2.70. The summed E-state index contributed by atoms with van der Waals surface area (Å²) in [5, 5.41) is 9.02. The second kappa shape index (κ2) is 4.83. The van der Waals surface area contributed by atoms with Crippen molar-refractivity contribution in [3.05, 3.63) is 16.7 Å². The summed E-state index contributed by atoms with van der Waals surface area (Å²) in [6.45, 7) is 1.58. The Hall–Kier alpha value is -1.50. The van der Waals surface area contributed by atoms with Crippen LogP contribution in [0.3, 0.4) is 0 Å². The molecule has 15 heavy (non-hydrogen) atoms. The van der Waals surface area contributed by atoms with Gasteiger partial charge in [-0.2, -0.15) is 0 Å². The number of rotatable bonds is 4. The highest BCUT2D eigenvalue weighted by atomic mass is 32.2. The van der Waals surface area contributed by atoms with Crippen LogP contribution in [-0.2, 0) is 4.79 Å². The van der Waals surface area contributed by atoms with Crippen molar-refractivity contribution >= 4 is 23.4 Å². The van der Waals surface area contributed by atoms with Crippen molar-refractivity contribution in [1.29, 1.82) is 0 Å². The highest BCUT2D eigenvalue weighted by Gasteiger charge is 2.13. The Morgan fingerprint density at radius 3 is 3.07 bits per heavy atom. The van der Waals surface area contributed by atoms with E-state index in [1.54, 1.807) is 6.92 Å². The Labute approximate surface area is 89.9 Å². The second-order valence-electron chi connectivity index (χ2n) is 3.00. The zero-order chi connectivity index (χ0) is 11.4. The van der Waals surface area contributed by atoms with Gasteiger partial charge in [0.25, 0.3) is 5.56 Å². The van der Waals surface area contributed by atoms with Gasteiger partial charge >= 0.3 is 5.97 Å². The number of thioether (sulfide) groups is 1. The SMILES string of the molecule is CC(CSc1nc[nH]c(=O)c1N)C(=O)O. The van der Waals surface area contributed by atoms with Crippen LogP contribution in [0.5, 0.6) is 0 Å². The monoisotopic (exact) mass is 229 g/mol. The average molecular weight is 229 g/mol. The van der Waals surface area contributed by atoms with E-state index in [1.165, 1.54) is 6.33 Å². The molecule has 1 atom stereocenters. The molecule has 0 saturated carbocycles. The highest BCUT2D eigenvalue weighted by molar-refractivity contribution is 7.99. The summed E-state index contributed by atoms with van der Waals surface area (Å²) < 4.78 is 0. The first-order chi connectivity index (χ1) is 7.02. The number of carboxylic acids is 1. The van der Waals surface area contributed by atoms with E-state index in [1.807, 2.05) is 0 Å². The first-order valence-corrected chi connectivity index (χ1v) is 5.19. The van der Waals surface area contributed by atoms with E-state index in [0.29, 0.717) is 10.8 Å². The molecule has 0 aliphatic rings. The van der Waals surface area contributed by atoms with Gasteiger partial charge < -0.3 is 15.8 Å². The van der Waals surface area contributed by atoms with E-state index in [4.69, 9.17) is 10.8 Å². The Bertz CT molecular complexity index is 418. The van der Waals surface area contributed by atoms with Crippen molar-refractivity contribution in [2.75, 3.05) is 11.5 Å². The van der Waals surface area contributed by atoms with Crippen LogP contribution in [0.15, 0.2) is 16.1 Å². The minimum atomic E-state index is -0.883. The van der Waals surface area contributed by atoms with Crippen LogP contribution in [0.1, 0.15) is 6.92 Å². The van der Waals surface area contributed by atoms with E-state index < -0.39 is 17.4 Å². The molecular weight excluding hydrogens is 218 g/mol. The van der Waals surface area contributed by atoms with Crippen molar-refractivity contribution in [2.45, 2.75) is 11.9 Å². The van der Waals surface area contributed by atoms with Crippen LogP contribution in [0, 0.1) is 5.92 Å². The molecule has 82 valence electrons. The standard InChI is InChI=1S/C8H11N3O3S/c1-4(8(13)14)2-15-7-5(9)6(12)10-3-11-7/h3-4H,2,9H2,1H3,(H,13,14)(H,10,11,12). The van der Waals surface area contributed by atoms with E-state index in [2.05, 4.69) is 9.97 Å². The largest absolute Gasteiger partial charge is 0.481 e. The Morgan fingerprint density at radius 2 is 2.47 bits per heavy atom. The van der Waals surface area contributed by atoms with Crippen LogP contribution in [0.4, 0.5) is 5.69 Å². The molecular formula is C8H11N3O3S. The normalized spacial score (nSPS) is 12.3. The topological polar surface area (TPSA) is 109 Å². The molecule has 0 aliphatic heterocycles. The summed E-state index contributed by atoms with van der Waals surface area (Å²) in [4.78, 5) is 27.8. The number of H-pyrrole nitrogens is 1. The molecule has 1 aromatic heterocycles. The van der Waals surface area contributed by atoms with Gasteiger partial charge in [0.05, 0.1) is 12.2 Å². The number of nitrogens with one attached hydrogen (secondary N) is 1. The maximum absolute atomic E-state index is 11.1. The maximum atomic E-state index is 11.1. The first kappa shape index (κ1) is 11.6. The zero-order valence-electron chi connectivity index (χ0n) is 8.06. The molecule has 0 bridgehead atoms. The Kier molecular flexibility index (Phi) is 3.73. The summed E-state index contributed by atoms with van der Waals surface area (Å²) in [5.74, 6) is -1.06. The van der Waals surface area contributed by atoms with Crippen LogP contribution in [-0.4, -0.2) is 26.8 Å². The third-order valence-corrected chi connectivity index (χ3v) is 3.01. The third kappa shape index (κ3) is 2.98. The number of carbonyl (C=O) groups is 1. The number of nitrogens with two attached hydrogens (primary N) is 1. The van der Waals surface area contributed by atoms with Gasteiger partial charge in [0.1, 0.15) is 10.7 Å². The number of nitrogen functional groups attached to an aromatic ring is 1. The molecule has 1 heterocycles. The summed E-state index contributed by atoms with van der Waals surface area (Å²) in [6.07, 6.45) is 1.24. The van der Waals surface area contributed by atoms with Crippen molar-refractivity contribution < 1.29 is 9.90 Å². The van der Waals surface area contributed by atoms with Crippen LogP contribution < -0.4 is 11.3 Å². The lowest BCUT2D eigenvalue weighted by Crippen LogP contribution is -2.15. The molecule has 0 aromatic carbocycles. The molecule has 0 spiro atoms. The van der Waals surface area contributed by atoms with Crippen molar-refractivity contribution in [2.24, 2.45) is 5.92 Å². The fraction of sp³-hybridized carbons (Fsp3) is 0.375. The smallest absolute Gasteiger partial charge is 0.307 e. The summed E-state index contributed by atoms with van der Waals surface area (Å²) in [6, 6.07) is 0. The lowest BCUT2D eigenvalue weighted by molar-refractivity contribution is -0.140. The summed E-state index contributed by atoms with van der Waals surface area (Å²) >= 11 is 1.16. The van der Waals surface area contributed by atoms with Crippen LogP contribution >= 0.6 is 11.8 Å². The maximum Gasteiger partial charge on any atom is 0.307 e. The van der Waals surface area contributed by atoms with Gasteiger partial charge in [-0.15, -0.1) is 11.8 Å². The lowest BCUT2D eigenvalue weighted by atomic mass is 10.2. The zero-order valence-corrected chi connectivity index (χ0v) is 8.87. The minimum absolute atomic E-state index is 0.0279. The van der Waals surface area contributed by atoms with E-state index >= 15 is 0 Å². The number of aromatic nitrogens is 2. The molecule has 0 amide bonds. The predicted octanol–water partition coefficient (Wildman–Crippen LogP) is 0.165. The molecule has 0 radical (unpaired) electrons. The van der Waals surface area contributed by atoms with Crippen LogP contribution in [0.2, 0.25) is 0 Å². The number of hydrogen-bond donors (Lipinski definition) is 3. The first-order valence-electron chi connectivity index (χ1n) is 4.21. The van der Waals surface area contributed by atoms with Crippen molar-refractivity contribution in [3.8, 4) is 0 Å². The van der Waals surface area contributed by atoms with Gasteiger partial charge in [-0.05, 0) is 0 Å². The van der Waals surface area contributed by atoms with E-state index in [0.717, 1.165) is 11.8 Å². The fourth-order valence-electron chi connectivity index (χ4n) is 0.784. The lowest BCUT2D eigenvalue weighted by Gasteiger charge is -2.05. The van der Waals surface area contributed by atoms with Gasteiger partial charge in [-0.3, -0.25) is 9.59 Å². The molecule has 0 saturated heterocycles. The summed E-state index contributed by atoms with van der Waals surface area (Å²) in [5.41, 5.74) is 5.09. The molecule has 0 fully saturated rings. The molecule has 1 aromatic rings. The Morgan fingerprint density at radius 1 is 1.80 bits per heavy atom. The molecule has 6 nitrogen and oxygen atoms in total. The third-order valence-electron chi connectivity index (χ3n) is 1.74. The van der Waals surface area contributed by atoms with Gasteiger partial charge in [0.2, 0.25) is 0 Å². The predicted molar refractivity (Wildman–Crippen MR) is 56.8 cm³/mol. The molecule has 1 unspecified atom stereocenters. The molecule has 4 N–H and O–H groups in total. The number of aromatic amines is 1. The number of carboxylic acid groups (broad SMARTS) is 1. The van der Waals surface area contributed by atoms with Crippen molar-refractivity contribution in [3.63, 3.8) is 0 Å². The number of anilines is 1. The fourth-order valence-corrected chi connectivity index (χ4v) is 1.71. The number of nitrogens with zero attached hydrogens (tertiary/aromatic N) is 1. The summed E-state index contributed by atoms with van der Waals surface area (Å²) in [7, 11) is 0. The molecule has 1 rings (SSSR count). The van der Waals surface area contributed by atoms with Gasteiger partial charge in [-0.1, -0.05) is 6.92 Å². The van der Waals surface area contributed by atoms with Crippen LogP contribution in [0.25, 0.3) is 0 Å². The average Bonchev–Trinajstić information content (AvgIpc) is 2.19. The highest BCUT2D eigenvalue weighted by Crippen LogP contribution is 2.21. The minimum Gasteiger partial charge on any atom is -0.481 e. The van der Waals surface area contributed by atoms with Gasteiger partial charge in [0.15, 0.2) is 0 Å². The van der Waals surface area contributed by atoms with Gasteiger partial charge in [0, 0.05) is 5.75 Å². The number of hydrogen-bond acceptors (Lipinski definition) is 5. The van der Waals surface area contributed by atoms with Crippen molar-refractivity contribution in [1.82, 2.24) is 9.97 Å². The quantitative estimate of drug-likeness (QED) is 0.501. The number of aliphatic carboxylic acids is 1. The van der Waals surface area contributed by atoms with E-state index in [-0.39, 0.29) is 5.69 Å². The van der Waals surface area contributed by atoms with E-state index in [9.17, 15) is 9.59 Å². The molecule has 0 aliphatic carbocycles. The second-order valence-corrected chi connectivity index (χ2v) is 4.01. The molecule has 7 heteroatoms. The van der Waals surface area contributed by atoms with Gasteiger partial charge in [-0.25, -0.2) is 4.98 Å².